The van der Waals surface area contributed by atoms with Gasteiger partial charge in [0.2, 0.25) is 15.9 Å². The average molecular weight is 284 g/mol. The summed E-state index contributed by atoms with van der Waals surface area (Å²) in [7, 11) is -2.02. The highest BCUT2D eigenvalue weighted by Gasteiger charge is 2.23. The highest BCUT2D eigenvalue weighted by molar-refractivity contribution is 7.89. The van der Waals surface area contributed by atoms with Gasteiger partial charge >= 0.3 is 0 Å². The Morgan fingerprint density at radius 3 is 2.47 bits per heavy atom. The molecular weight excluding hydrogens is 268 g/mol. The number of sulfonamides is 1. The molecule has 0 aliphatic carbocycles. The van der Waals surface area contributed by atoms with Gasteiger partial charge in [0.25, 0.3) is 0 Å². The second kappa shape index (κ2) is 4.71. The number of nitrogen functional groups attached to an aromatic ring is 1. The fraction of sp³-hybridized carbons (Fsp3) is 0.364. The van der Waals surface area contributed by atoms with Gasteiger partial charge in [-0.3, -0.25) is 4.79 Å². The number of hydrogen-bond acceptors (Lipinski definition) is 5. The first kappa shape index (κ1) is 13.6. The van der Waals surface area contributed by atoms with Gasteiger partial charge in [-0.1, -0.05) is 0 Å². The minimum Gasteiger partial charge on any atom is -0.397 e. The van der Waals surface area contributed by atoms with Crippen LogP contribution in [0.2, 0.25) is 0 Å². The molecule has 1 fully saturated rings. The van der Waals surface area contributed by atoms with Crippen molar-refractivity contribution < 1.29 is 13.2 Å². The van der Waals surface area contributed by atoms with E-state index in [-0.39, 0.29) is 17.3 Å². The summed E-state index contributed by atoms with van der Waals surface area (Å²) in [6.45, 7) is 1.49. The smallest absolute Gasteiger partial charge is 0.241 e. The zero-order valence-electron chi connectivity index (χ0n) is 10.5. The van der Waals surface area contributed by atoms with Crippen molar-refractivity contribution in [3.63, 3.8) is 0 Å². The van der Waals surface area contributed by atoms with Crippen LogP contribution in [0.15, 0.2) is 23.1 Å². The van der Waals surface area contributed by atoms with Crippen molar-refractivity contribution in [3.8, 4) is 0 Å². The first-order valence-corrected chi connectivity index (χ1v) is 7.25. The molecule has 1 heterocycles. The van der Waals surface area contributed by atoms with Crippen molar-refractivity contribution in [2.75, 3.05) is 37.3 Å². The lowest BCUT2D eigenvalue weighted by Gasteiger charge is -2.34. The number of likely N-dealkylation sites (N-methyl/N-ethyl adjacent to an activating group) is 1. The number of carbonyl (C=O) groups excluding carboxylic acids is 1. The molecule has 0 spiro atoms. The van der Waals surface area contributed by atoms with Crippen molar-refractivity contribution in [2.24, 2.45) is 5.14 Å². The molecule has 1 aromatic carbocycles. The molecule has 0 aromatic heterocycles. The Morgan fingerprint density at radius 2 is 1.95 bits per heavy atom. The molecule has 4 N–H and O–H groups in total. The molecule has 19 heavy (non-hydrogen) atoms. The molecule has 8 heteroatoms. The number of benzene rings is 1. The van der Waals surface area contributed by atoms with Gasteiger partial charge in [-0.15, -0.1) is 0 Å². The first-order valence-electron chi connectivity index (χ1n) is 5.70. The molecule has 1 aliphatic rings. The minimum atomic E-state index is -3.77. The fourth-order valence-corrected chi connectivity index (χ4v) is 2.51. The third kappa shape index (κ3) is 2.79. The van der Waals surface area contributed by atoms with Crippen LogP contribution in [0.25, 0.3) is 0 Å². The number of amides is 1. The summed E-state index contributed by atoms with van der Waals surface area (Å²) >= 11 is 0. The van der Waals surface area contributed by atoms with Crippen molar-refractivity contribution in [1.29, 1.82) is 0 Å². The zero-order chi connectivity index (χ0) is 14.2. The number of piperazine rings is 1. The molecule has 1 amide bonds. The third-order valence-corrected chi connectivity index (χ3v) is 4.04. The van der Waals surface area contributed by atoms with Crippen molar-refractivity contribution in [1.82, 2.24) is 4.90 Å². The van der Waals surface area contributed by atoms with E-state index < -0.39 is 10.0 Å². The lowest BCUT2D eigenvalue weighted by Crippen LogP contribution is -2.48. The average Bonchev–Trinajstić information content (AvgIpc) is 2.31. The van der Waals surface area contributed by atoms with E-state index in [0.717, 1.165) is 0 Å². The van der Waals surface area contributed by atoms with E-state index in [9.17, 15) is 13.2 Å². The molecule has 1 saturated heterocycles. The van der Waals surface area contributed by atoms with Crippen LogP contribution in [0, 0.1) is 0 Å². The molecule has 1 aromatic rings. The summed E-state index contributed by atoms with van der Waals surface area (Å²) in [5, 5.41) is 5.04. The lowest BCUT2D eigenvalue weighted by atomic mass is 10.2. The van der Waals surface area contributed by atoms with E-state index in [2.05, 4.69) is 0 Å². The quantitative estimate of drug-likeness (QED) is 0.691. The summed E-state index contributed by atoms with van der Waals surface area (Å²) in [6.07, 6.45) is 0. The van der Waals surface area contributed by atoms with Crippen LogP contribution in [0.1, 0.15) is 0 Å². The SMILES string of the molecule is CN1CCN(c2ccc(S(N)(=O)=O)cc2N)CC1=O. The molecule has 2 rings (SSSR count). The van der Waals surface area contributed by atoms with Gasteiger partial charge in [-0.05, 0) is 18.2 Å². The Labute approximate surface area is 111 Å². The fourth-order valence-electron chi connectivity index (χ4n) is 1.96. The summed E-state index contributed by atoms with van der Waals surface area (Å²) in [5.74, 6) is 0.00109. The molecule has 0 bridgehead atoms. The Morgan fingerprint density at radius 1 is 1.26 bits per heavy atom. The maximum Gasteiger partial charge on any atom is 0.241 e. The van der Waals surface area contributed by atoms with Crippen molar-refractivity contribution in [3.05, 3.63) is 18.2 Å². The van der Waals surface area contributed by atoms with Gasteiger partial charge < -0.3 is 15.5 Å². The van der Waals surface area contributed by atoms with Crippen molar-refractivity contribution >= 4 is 27.3 Å². The van der Waals surface area contributed by atoms with Gasteiger partial charge in [0, 0.05) is 20.1 Å². The first-order chi connectivity index (χ1) is 8.79. The van der Waals surface area contributed by atoms with Crippen LogP contribution in [0.3, 0.4) is 0 Å². The molecule has 1 aliphatic heterocycles. The van der Waals surface area contributed by atoms with E-state index >= 15 is 0 Å². The Balaban J connectivity index is 2.30. The predicted octanol–water partition coefficient (Wildman–Crippen LogP) is -0.805. The number of nitrogens with two attached hydrogens (primary N) is 2. The number of rotatable bonds is 2. The normalized spacial score (nSPS) is 16.8. The van der Waals surface area contributed by atoms with E-state index in [1.54, 1.807) is 18.0 Å². The van der Waals surface area contributed by atoms with Gasteiger partial charge in [0.1, 0.15) is 0 Å². The maximum absolute atomic E-state index is 11.6. The van der Waals surface area contributed by atoms with Crippen LogP contribution in [-0.2, 0) is 14.8 Å². The van der Waals surface area contributed by atoms with E-state index in [1.807, 2.05) is 4.90 Å². The summed E-state index contributed by atoms with van der Waals surface area (Å²) in [4.78, 5) is 15.1. The number of anilines is 2. The van der Waals surface area contributed by atoms with Gasteiger partial charge in [-0.25, -0.2) is 13.6 Å². The number of nitrogens with zero attached hydrogens (tertiary/aromatic N) is 2. The summed E-state index contributed by atoms with van der Waals surface area (Å²) in [6, 6.07) is 4.28. The molecule has 0 atom stereocenters. The topological polar surface area (TPSA) is 110 Å². The van der Waals surface area contributed by atoms with E-state index in [0.29, 0.717) is 24.5 Å². The monoisotopic (exact) mass is 284 g/mol. The molecule has 0 unspecified atom stereocenters. The number of primary sulfonamides is 1. The second-order valence-electron chi connectivity index (χ2n) is 4.50. The second-order valence-corrected chi connectivity index (χ2v) is 6.06. The molecular formula is C11H16N4O3S. The Kier molecular flexibility index (Phi) is 3.38. The molecule has 7 nitrogen and oxygen atoms in total. The Hall–Kier alpha value is -1.80. The van der Waals surface area contributed by atoms with Gasteiger partial charge in [0.15, 0.2) is 0 Å². The molecule has 104 valence electrons. The van der Waals surface area contributed by atoms with Crippen LogP contribution < -0.4 is 15.8 Å². The molecule has 0 saturated carbocycles. The summed E-state index contributed by atoms with van der Waals surface area (Å²) in [5.41, 5.74) is 6.78. The van der Waals surface area contributed by atoms with E-state index in [1.165, 1.54) is 12.1 Å². The van der Waals surface area contributed by atoms with Crippen LogP contribution in [0.5, 0.6) is 0 Å². The molecule has 0 radical (unpaired) electrons. The van der Waals surface area contributed by atoms with Gasteiger partial charge in [0.05, 0.1) is 22.8 Å². The van der Waals surface area contributed by atoms with Crippen LogP contribution in [0.4, 0.5) is 11.4 Å². The van der Waals surface area contributed by atoms with Crippen LogP contribution >= 0.6 is 0 Å². The summed E-state index contributed by atoms with van der Waals surface area (Å²) < 4.78 is 22.4. The van der Waals surface area contributed by atoms with Crippen LogP contribution in [-0.4, -0.2) is 45.9 Å². The van der Waals surface area contributed by atoms with Crippen molar-refractivity contribution in [2.45, 2.75) is 4.90 Å². The zero-order valence-corrected chi connectivity index (χ0v) is 11.4. The van der Waals surface area contributed by atoms with Gasteiger partial charge in [-0.2, -0.15) is 0 Å². The van der Waals surface area contributed by atoms with E-state index in [4.69, 9.17) is 10.9 Å². The largest absolute Gasteiger partial charge is 0.397 e. The number of hydrogen-bond donors (Lipinski definition) is 2. The lowest BCUT2D eigenvalue weighted by molar-refractivity contribution is -0.129. The predicted molar refractivity (Wildman–Crippen MR) is 72.1 cm³/mol. The third-order valence-electron chi connectivity index (χ3n) is 3.13. The maximum atomic E-state index is 11.6. The standard InChI is InChI=1S/C11H16N4O3S/c1-14-4-5-15(7-11(14)16)10-3-2-8(6-9(10)12)19(13,17)18/h2-3,6H,4-5,7,12H2,1H3,(H2,13,17,18). The highest BCUT2D eigenvalue weighted by Crippen LogP contribution is 2.26. The highest BCUT2D eigenvalue weighted by atomic mass is 32.2. The number of carbonyl (C=O) groups is 1. The Bertz CT molecular complexity index is 614. The minimum absolute atomic E-state index is 0.00109.